The van der Waals surface area contributed by atoms with Crippen molar-refractivity contribution >= 4 is 0 Å². The summed E-state index contributed by atoms with van der Waals surface area (Å²) in [6, 6.07) is 7.93. The molecule has 1 aliphatic rings. The maximum atomic E-state index is 10.0. The summed E-state index contributed by atoms with van der Waals surface area (Å²) >= 11 is 0. The number of rotatable bonds is 8. The summed E-state index contributed by atoms with van der Waals surface area (Å²) in [4.78, 5) is 0. The van der Waals surface area contributed by atoms with Gasteiger partial charge in [-0.15, -0.1) is 0 Å². The molecule has 0 bridgehead atoms. The van der Waals surface area contributed by atoms with Crippen molar-refractivity contribution in [2.75, 3.05) is 19.7 Å². The van der Waals surface area contributed by atoms with Crippen molar-refractivity contribution in [2.45, 2.75) is 52.1 Å². The van der Waals surface area contributed by atoms with Crippen molar-refractivity contribution in [3.8, 4) is 5.75 Å². The molecule has 0 saturated heterocycles. The first-order chi connectivity index (χ1) is 10.1. The molecule has 118 valence electrons. The zero-order valence-corrected chi connectivity index (χ0v) is 13.4. The maximum Gasteiger partial charge on any atom is 0.119 e. The standard InChI is InChI=1S/C18H29NO2/c1-3-18(10-4-5-11-18)14-19-12-16(20)13-21-17-8-6-15(2)7-9-17/h6-9,16,19-20H,3-5,10-14H2,1-2H3. The van der Waals surface area contributed by atoms with Crippen LogP contribution in [0, 0.1) is 12.3 Å². The lowest BCUT2D eigenvalue weighted by Gasteiger charge is -2.28. The smallest absolute Gasteiger partial charge is 0.119 e. The fourth-order valence-electron chi connectivity index (χ4n) is 3.17. The van der Waals surface area contributed by atoms with Crippen molar-refractivity contribution in [1.29, 1.82) is 0 Å². The second kappa shape index (κ2) is 7.81. The molecule has 0 aliphatic heterocycles. The normalized spacial score (nSPS) is 18.6. The quantitative estimate of drug-likeness (QED) is 0.772. The monoisotopic (exact) mass is 291 g/mol. The Bertz CT molecular complexity index is 410. The van der Waals surface area contributed by atoms with Crippen LogP contribution in [0.5, 0.6) is 5.75 Å². The van der Waals surface area contributed by atoms with Crippen molar-refractivity contribution < 1.29 is 9.84 Å². The largest absolute Gasteiger partial charge is 0.491 e. The lowest BCUT2D eigenvalue weighted by atomic mass is 9.83. The highest BCUT2D eigenvalue weighted by Crippen LogP contribution is 2.40. The fourth-order valence-corrected chi connectivity index (χ4v) is 3.17. The van der Waals surface area contributed by atoms with Gasteiger partial charge >= 0.3 is 0 Å². The van der Waals surface area contributed by atoms with Crippen LogP contribution in [-0.2, 0) is 0 Å². The Morgan fingerprint density at radius 2 is 1.90 bits per heavy atom. The minimum absolute atomic E-state index is 0.342. The van der Waals surface area contributed by atoms with E-state index < -0.39 is 6.10 Å². The van der Waals surface area contributed by atoms with Gasteiger partial charge in [-0.2, -0.15) is 0 Å². The summed E-state index contributed by atoms with van der Waals surface area (Å²) in [5, 5.41) is 13.4. The van der Waals surface area contributed by atoms with Gasteiger partial charge in [-0.1, -0.05) is 37.5 Å². The van der Waals surface area contributed by atoms with E-state index in [4.69, 9.17) is 4.74 Å². The average molecular weight is 291 g/mol. The van der Waals surface area contributed by atoms with Crippen LogP contribution in [0.15, 0.2) is 24.3 Å². The molecule has 0 radical (unpaired) electrons. The Morgan fingerprint density at radius 1 is 1.24 bits per heavy atom. The van der Waals surface area contributed by atoms with Crippen molar-refractivity contribution in [3.05, 3.63) is 29.8 Å². The van der Waals surface area contributed by atoms with Crippen molar-refractivity contribution in [1.82, 2.24) is 5.32 Å². The number of benzene rings is 1. The highest BCUT2D eigenvalue weighted by Gasteiger charge is 2.31. The summed E-state index contributed by atoms with van der Waals surface area (Å²) in [7, 11) is 0. The second-order valence-corrected chi connectivity index (χ2v) is 6.47. The van der Waals surface area contributed by atoms with Crippen LogP contribution in [-0.4, -0.2) is 30.9 Å². The third-order valence-electron chi connectivity index (χ3n) is 4.76. The number of hydrogen-bond acceptors (Lipinski definition) is 3. The van der Waals surface area contributed by atoms with Gasteiger partial charge in [0.05, 0.1) is 0 Å². The van der Waals surface area contributed by atoms with E-state index in [1.54, 1.807) is 0 Å². The van der Waals surface area contributed by atoms with E-state index in [1.807, 2.05) is 24.3 Å². The second-order valence-electron chi connectivity index (χ2n) is 6.47. The number of aliphatic hydroxyl groups excluding tert-OH is 1. The number of nitrogens with one attached hydrogen (secondary N) is 1. The first-order valence-corrected chi connectivity index (χ1v) is 8.22. The third kappa shape index (κ3) is 5.01. The summed E-state index contributed by atoms with van der Waals surface area (Å²) in [5.74, 6) is 0.820. The Labute approximate surface area is 128 Å². The Balaban J connectivity index is 1.65. The topological polar surface area (TPSA) is 41.5 Å². The molecule has 3 nitrogen and oxygen atoms in total. The average Bonchev–Trinajstić information content (AvgIpc) is 2.96. The van der Waals surface area contributed by atoms with Gasteiger partial charge in [0, 0.05) is 13.1 Å². The van der Waals surface area contributed by atoms with E-state index in [0.717, 1.165) is 12.3 Å². The van der Waals surface area contributed by atoms with Gasteiger partial charge in [-0.3, -0.25) is 0 Å². The molecule has 0 spiro atoms. The SMILES string of the molecule is CCC1(CNCC(O)COc2ccc(C)cc2)CCCC1. The minimum Gasteiger partial charge on any atom is -0.491 e. The lowest BCUT2D eigenvalue weighted by molar-refractivity contribution is 0.102. The zero-order valence-electron chi connectivity index (χ0n) is 13.4. The molecule has 0 aromatic heterocycles. The predicted molar refractivity (Wildman–Crippen MR) is 86.7 cm³/mol. The van der Waals surface area contributed by atoms with Gasteiger partial charge in [0.25, 0.3) is 0 Å². The summed E-state index contributed by atoms with van der Waals surface area (Å²) < 4.78 is 5.61. The lowest BCUT2D eigenvalue weighted by Crippen LogP contribution is -2.38. The molecular formula is C18H29NO2. The molecule has 1 fully saturated rings. The Kier molecular flexibility index (Phi) is 6.07. The minimum atomic E-state index is -0.457. The van der Waals surface area contributed by atoms with Crippen LogP contribution in [0.3, 0.4) is 0 Å². The van der Waals surface area contributed by atoms with E-state index >= 15 is 0 Å². The van der Waals surface area contributed by atoms with Gasteiger partial charge in [0.1, 0.15) is 18.5 Å². The maximum absolute atomic E-state index is 10.0. The first-order valence-electron chi connectivity index (χ1n) is 8.22. The Hall–Kier alpha value is -1.06. The van der Waals surface area contributed by atoms with E-state index in [0.29, 0.717) is 18.6 Å². The van der Waals surface area contributed by atoms with Gasteiger partial charge < -0.3 is 15.2 Å². The van der Waals surface area contributed by atoms with E-state index in [2.05, 4.69) is 19.2 Å². The molecule has 3 heteroatoms. The van der Waals surface area contributed by atoms with Crippen molar-refractivity contribution in [2.24, 2.45) is 5.41 Å². The van der Waals surface area contributed by atoms with E-state index in [9.17, 15) is 5.11 Å². The molecule has 1 aliphatic carbocycles. The molecule has 2 N–H and O–H groups in total. The van der Waals surface area contributed by atoms with Gasteiger partial charge in [0.2, 0.25) is 0 Å². The molecule has 1 aromatic carbocycles. The van der Waals surface area contributed by atoms with Gasteiger partial charge in [-0.05, 0) is 43.7 Å². The molecule has 1 unspecified atom stereocenters. The number of hydrogen-bond donors (Lipinski definition) is 2. The van der Waals surface area contributed by atoms with Gasteiger partial charge in [-0.25, -0.2) is 0 Å². The molecule has 1 saturated carbocycles. The molecule has 1 atom stereocenters. The first kappa shape index (κ1) is 16.3. The summed E-state index contributed by atoms with van der Waals surface area (Å²) in [6.07, 6.45) is 6.14. The molecule has 2 rings (SSSR count). The van der Waals surface area contributed by atoms with Crippen LogP contribution < -0.4 is 10.1 Å². The summed E-state index contributed by atoms with van der Waals surface area (Å²) in [6.45, 7) is 6.30. The zero-order chi connectivity index (χ0) is 15.1. The molecule has 0 heterocycles. The fraction of sp³-hybridized carbons (Fsp3) is 0.667. The number of aliphatic hydroxyl groups is 1. The molecule has 1 aromatic rings. The highest BCUT2D eigenvalue weighted by molar-refractivity contribution is 5.26. The van der Waals surface area contributed by atoms with Crippen LogP contribution >= 0.6 is 0 Å². The highest BCUT2D eigenvalue weighted by atomic mass is 16.5. The molecule has 21 heavy (non-hydrogen) atoms. The van der Waals surface area contributed by atoms with Crippen LogP contribution in [0.2, 0.25) is 0 Å². The third-order valence-corrected chi connectivity index (χ3v) is 4.76. The van der Waals surface area contributed by atoms with Crippen LogP contribution in [0.25, 0.3) is 0 Å². The molecule has 0 amide bonds. The predicted octanol–water partition coefficient (Wildman–Crippen LogP) is 3.29. The number of aryl methyl sites for hydroxylation is 1. The van der Waals surface area contributed by atoms with Gasteiger partial charge in [0.15, 0.2) is 0 Å². The van der Waals surface area contributed by atoms with Crippen LogP contribution in [0.1, 0.15) is 44.6 Å². The Morgan fingerprint density at radius 3 is 2.52 bits per heavy atom. The van der Waals surface area contributed by atoms with Crippen LogP contribution in [0.4, 0.5) is 0 Å². The number of ether oxygens (including phenoxy) is 1. The molecular weight excluding hydrogens is 262 g/mol. The van der Waals surface area contributed by atoms with E-state index in [1.165, 1.54) is 37.7 Å². The van der Waals surface area contributed by atoms with Crippen molar-refractivity contribution in [3.63, 3.8) is 0 Å². The van der Waals surface area contributed by atoms with E-state index in [-0.39, 0.29) is 0 Å². The summed E-state index contributed by atoms with van der Waals surface area (Å²) in [5.41, 5.74) is 1.68.